The number of ether oxygens (including phenoxy) is 2. The van der Waals surface area contributed by atoms with Crippen molar-refractivity contribution in [1.82, 2.24) is 10.2 Å². The van der Waals surface area contributed by atoms with Crippen LogP contribution in [0.15, 0.2) is 77.7 Å². The summed E-state index contributed by atoms with van der Waals surface area (Å²) in [7, 11) is 0.0840. The van der Waals surface area contributed by atoms with Crippen LogP contribution < -0.4 is 19.1 Å². The Morgan fingerprint density at radius 1 is 0.974 bits per heavy atom. The van der Waals surface area contributed by atoms with Gasteiger partial charge in [-0.2, -0.15) is 0 Å². The smallest absolute Gasteiger partial charge is 0.264 e. The molecule has 3 rings (SSSR count). The Balaban J connectivity index is 2.15. The molecule has 0 aliphatic heterocycles. The lowest BCUT2D eigenvalue weighted by Gasteiger charge is -2.33. The first kappa shape index (κ1) is 29.8. The molecule has 11 heteroatoms. The van der Waals surface area contributed by atoms with Gasteiger partial charge in [0, 0.05) is 24.7 Å². The SMILES string of the molecule is CCC(C(=O)NC)N(Cc1ccccc1Cl)C(=O)CN(c1cc(OC)ccc1OC)S(=O)(=O)c1ccccc1. The van der Waals surface area contributed by atoms with Gasteiger partial charge in [-0.3, -0.25) is 13.9 Å². The van der Waals surface area contributed by atoms with Gasteiger partial charge in [0.1, 0.15) is 24.1 Å². The van der Waals surface area contributed by atoms with Crippen LogP contribution in [0.5, 0.6) is 11.5 Å². The molecule has 0 aliphatic rings. The molecular formula is C28H32ClN3O6S. The summed E-state index contributed by atoms with van der Waals surface area (Å²) >= 11 is 6.39. The lowest BCUT2D eigenvalue weighted by Crippen LogP contribution is -2.51. The zero-order valence-electron chi connectivity index (χ0n) is 22.3. The van der Waals surface area contributed by atoms with Crippen LogP contribution >= 0.6 is 11.6 Å². The minimum Gasteiger partial charge on any atom is -0.497 e. The van der Waals surface area contributed by atoms with Crippen LogP contribution in [-0.2, 0) is 26.2 Å². The first-order chi connectivity index (χ1) is 18.7. The van der Waals surface area contributed by atoms with Crippen LogP contribution in [0.4, 0.5) is 5.69 Å². The number of likely N-dealkylation sites (N-methyl/N-ethyl adjacent to an activating group) is 1. The van der Waals surface area contributed by atoms with Crippen LogP contribution in [0.1, 0.15) is 18.9 Å². The number of anilines is 1. The summed E-state index contributed by atoms with van der Waals surface area (Å²) < 4.78 is 39.7. The predicted molar refractivity (Wildman–Crippen MR) is 151 cm³/mol. The highest BCUT2D eigenvalue weighted by Crippen LogP contribution is 2.36. The highest BCUT2D eigenvalue weighted by Gasteiger charge is 2.35. The number of sulfonamides is 1. The Kier molecular flexibility index (Phi) is 10.2. The van der Waals surface area contributed by atoms with Crippen molar-refractivity contribution in [3.05, 3.63) is 83.4 Å². The highest BCUT2D eigenvalue weighted by atomic mass is 35.5. The lowest BCUT2D eigenvalue weighted by atomic mass is 10.1. The van der Waals surface area contributed by atoms with E-state index in [0.29, 0.717) is 22.8 Å². The molecule has 39 heavy (non-hydrogen) atoms. The van der Waals surface area contributed by atoms with Gasteiger partial charge < -0.3 is 19.7 Å². The third kappa shape index (κ3) is 6.82. The Labute approximate surface area is 234 Å². The second kappa shape index (κ2) is 13.3. The third-order valence-corrected chi connectivity index (χ3v) is 8.34. The number of rotatable bonds is 12. The summed E-state index contributed by atoms with van der Waals surface area (Å²) in [5.41, 5.74) is 0.728. The van der Waals surface area contributed by atoms with Crippen LogP contribution in [-0.4, -0.2) is 59.0 Å². The van der Waals surface area contributed by atoms with Crippen molar-refractivity contribution in [3.8, 4) is 11.5 Å². The molecule has 208 valence electrons. The minimum atomic E-state index is -4.26. The van der Waals surface area contributed by atoms with Crippen LogP contribution in [0, 0.1) is 0 Å². The lowest BCUT2D eigenvalue weighted by molar-refractivity contribution is -0.140. The molecule has 1 N–H and O–H groups in total. The number of halogens is 1. The van der Waals surface area contributed by atoms with Crippen LogP contribution in [0.25, 0.3) is 0 Å². The van der Waals surface area contributed by atoms with E-state index in [4.69, 9.17) is 21.1 Å². The zero-order chi connectivity index (χ0) is 28.6. The number of amides is 2. The summed E-state index contributed by atoms with van der Waals surface area (Å²) in [6, 6.07) is 18.6. The van der Waals surface area contributed by atoms with Crippen molar-refractivity contribution >= 4 is 39.1 Å². The number of carbonyl (C=O) groups excluding carboxylic acids is 2. The summed E-state index contributed by atoms with van der Waals surface area (Å²) in [4.78, 5) is 28.2. The monoisotopic (exact) mass is 573 g/mol. The molecule has 0 aromatic heterocycles. The van der Waals surface area contributed by atoms with Crippen molar-refractivity contribution in [2.45, 2.75) is 30.8 Å². The fourth-order valence-electron chi connectivity index (χ4n) is 4.12. The summed E-state index contributed by atoms with van der Waals surface area (Å²) in [6.45, 7) is 1.16. The van der Waals surface area contributed by atoms with Gasteiger partial charge in [0.25, 0.3) is 10.0 Å². The topological polar surface area (TPSA) is 105 Å². The van der Waals surface area contributed by atoms with E-state index in [-0.39, 0.29) is 28.8 Å². The molecule has 0 bridgehead atoms. The van der Waals surface area contributed by atoms with Crippen molar-refractivity contribution in [2.75, 3.05) is 32.1 Å². The average Bonchev–Trinajstić information content (AvgIpc) is 2.96. The maximum atomic E-state index is 14.0. The Morgan fingerprint density at radius 2 is 1.64 bits per heavy atom. The Morgan fingerprint density at radius 3 is 2.23 bits per heavy atom. The first-order valence-corrected chi connectivity index (χ1v) is 14.0. The molecule has 0 aliphatic carbocycles. The van der Waals surface area contributed by atoms with Gasteiger partial charge >= 0.3 is 0 Å². The van der Waals surface area contributed by atoms with Gasteiger partial charge in [-0.25, -0.2) is 8.42 Å². The first-order valence-electron chi connectivity index (χ1n) is 12.2. The van der Waals surface area contributed by atoms with Crippen molar-refractivity contribution < 1.29 is 27.5 Å². The molecule has 3 aromatic carbocycles. The molecule has 1 atom stereocenters. The highest BCUT2D eigenvalue weighted by molar-refractivity contribution is 7.92. The standard InChI is InChI=1S/C28H32ClN3O6S/c1-5-24(28(34)30-2)31(18-20-11-9-10-14-23(20)29)27(33)19-32(39(35,36)22-12-7-6-8-13-22)25-17-21(37-3)15-16-26(25)38-4/h6-17,24H,5,18-19H2,1-4H3,(H,30,34). The maximum Gasteiger partial charge on any atom is 0.264 e. The summed E-state index contributed by atoms with van der Waals surface area (Å²) in [5, 5.41) is 3.01. The number of carbonyl (C=O) groups is 2. The number of benzene rings is 3. The number of nitrogens with one attached hydrogen (secondary N) is 1. The van der Waals surface area contributed by atoms with Crippen LogP contribution in [0.3, 0.4) is 0 Å². The molecule has 3 aromatic rings. The molecule has 2 amide bonds. The van der Waals surface area contributed by atoms with Gasteiger partial charge in [0.2, 0.25) is 11.8 Å². The van der Waals surface area contributed by atoms with E-state index in [9.17, 15) is 18.0 Å². The second-order valence-corrected chi connectivity index (χ2v) is 10.8. The molecule has 0 saturated carbocycles. The normalized spacial score (nSPS) is 11.8. The Bertz CT molecular complexity index is 1400. The fraction of sp³-hybridized carbons (Fsp3) is 0.286. The van der Waals surface area contributed by atoms with Crippen molar-refractivity contribution in [2.24, 2.45) is 0 Å². The molecule has 0 saturated heterocycles. The minimum absolute atomic E-state index is 0.00109. The van der Waals surface area contributed by atoms with Crippen LogP contribution in [0.2, 0.25) is 5.02 Å². The van der Waals surface area contributed by atoms with Gasteiger partial charge in [0.15, 0.2) is 0 Å². The second-order valence-electron chi connectivity index (χ2n) is 8.51. The van der Waals surface area contributed by atoms with Gasteiger partial charge in [-0.05, 0) is 42.3 Å². The number of nitrogens with zero attached hydrogens (tertiary/aromatic N) is 2. The zero-order valence-corrected chi connectivity index (χ0v) is 23.8. The van der Waals surface area contributed by atoms with Crippen molar-refractivity contribution in [1.29, 1.82) is 0 Å². The largest absolute Gasteiger partial charge is 0.497 e. The quantitative estimate of drug-likeness (QED) is 0.350. The number of hydrogen-bond donors (Lipinski definition) is 1. The van der Waals surface area contributed by atoms with Gasteiger partial charge in [0.05, 0.1) is 24.8 Å². The number of hydrogen-bond acceptors (Lipinski definition) is 6. The van der Waals surface area contributed by atoms with Gasteiger partial charge in [-0.15, -0.1) is 0 Å². The molecule has 0 heterocycles. The number of methoxy groups -OCH3 is 2. The van der Waals surface area contributed by atoms with E-state index in [1.807, 2.05) is 0 Å². The van der Waals surface area contributed by atoms with E-state index in [1.165, 1.54) is 44.4 Å². The molecule has 0 radical (unpaired) electrons. The molecular weight excluding hydrogens is 542 g/mol. The van der Waals surface area contributed by atoms with E-state index < -0.39 is 28.5 Å². The van der Waals surface area contributed by atoms with Gasteiger partial charge in [-0.1, -0.05) is 54.9 Å². The van der Waals surface area contributed by atoms with E-state index in [2.05, 4.69) is 5.32 Å². The fourth-order valence-corrected chi connectivity index (χ4v) is 5.75. The van der Waals surface area contributed by atoms with E-state index in [1.54, 1.807) is 61.5 Å². The molecule has 1 unspecified atom stereocenters. The maximum absolute atomic E-state index is 14.0. The Hall–Kier alpha value is -3.76. The third-order valence-electron chi connectivity index (χ3n) is 6.20. The molecule has 9 nitrogen and oxygen atoms in total. The molecule has 0 fully saturated rings. The average molecular weight is 574 g/mol. The molecule has 0 spiro atoms. The summed E-state index contributed by atoms with van der Waals surface area (Å²) in [5.74, 6) is -0.389. The predicted octanol–water partition coefficient (Wildman–Crippen LogP) is 4.11. The summed E-state index contributed by atoms with van der Waals surface area (Å²) in [6.07, 6.45) is 0.295. The van der Waals surface area contributed by atoms with Crippen molar-refractivity contribution in [3.63, 3.8) is 0 Å². The van der Waals surface area contributed by atoms with E-state index in [0.717, 1.165) is 4.31 Å². The van der Waals surface area contributed by atoms with E-state index >= 15 is 0 Å².